The fraction of sp³-hybridized carbons (Fsp3) is 0.429. The molecule has 4 nitrogen and oxygen atoms in total. The molecule has 0 aliphatic carbocycles. The SMILES string of the molecule is O=C(O)CC1CSCCN1C(=O)c1ccc(SC(F)F)cc1. The number of benzene rings is 1. The molecule has 22 heavy (non-hydrogen) atoms. The van der Waals surface area contributed by atoms with E-state index in [1.165, 1.54) is 24.3 Å². The van der Waals surface area contributed by atoms with Crippen LogP contribution in [0.4, 0.5) is 8.78 Å². The molecule has 1 amide bonds. The van der Waals surface area contributed by atoms with Crippen molar-refractivity contribution in [1.29, 1.82) is 0 Å². The van der Waals surface area contributed by atoms with E-state index in [-0.39, 0.29) is 18.4 Å². The van der Waals surface area contributed by atoms with Gasteiger partial charge in [-0.1, -0.05) is 11.8 Å². The normalized spacial score (nSPS) is 18.5. The molecule has 0 aromatic heterocycles. The van der Waals surface area contributed by atoms with E-state index >= 15 is 0 Å². The fourth-order valence-corrected chi connectivity index (χ4v) is 3.80. The molecule has 1 aliphatic heterocycles. The molecule has 0 saturated carbocycles. The maximum absolute atomic E-state index is 12.5. The van der Waals surface area contributed by atoms with E-state index in [1.54, 1.807) is 16.7 Å². The van der Waals surface area contributed by atoms with Gasteiger partial charge in [0.2, 0.25) is 0 Å². The molecule has 1 fully saturated rings. The zero-order chi connectivity index (χ0) is 16.1. The zero-order valence-corrected chi connectivity index (χ0v) is 13.2. The highest BCUT2D eigenvalue weighted by molar-refractivity contribution is 7.99. The van der Waals surface area contributed by atoms with E-state index in [4.69, 9.17) is 5.11 Å². The smallest absolute Gasteiger partial charge is 0.305 e. The van der Waals surface area contributed by atoms with Gasteiger partial charge < -0.3 is 10.0 Å². The molecule has 0 radical (unpaired) electrons. The molecule has 0 bridgehead atoms. The van der Waals surface area contributed by atoms with Crippen LogP contribution in [0, 0.1) is 0 Å². The molecule has 8 heteroatoms. The first-order valence-corrected chi connectivity index (χ1v) is 8.66. The number of amides is 1. The van der Waals surface area contributed by atoms with Crippen LogP contribution < -0.4 is 0 Å². The minimum Gasteiger partial charge on any atom is -0.481 e. The lowest BCUT2D eigenvalue weighted by Crippen LogP contribution is -2.47. The van der Waals surface area contributed by atoms with Crippen molar-refractivity contribution in [2.24, 2.45) is 0 Å². The third-order valence-corrected chi connectivity index (χ3v) is 5.04. The zero-order valence-electron chi connectivity index (χ0n) is 11.6. The number of hydrogen-bond donors (Lipinski definition) is 1. The molecule has 1 heterocycles. The molecule has 1 aliphatic rings. The summed E-state index contributed by atoms with van der Waals surface area (Å²) in [5.41, 5.74) is 0.390. The van der Waals surface area contributed by atoms with Gasteiger partial charge in [-0.05, 0) is 24.3 Å². The Morgan fingerprint density at radius 1 is 1.36 bits per heavy atom. The second kappa shape index (κ2) is 7.82. The summed E-state index contributed by atoms with van der Waals surface area (Å²) in [6.45, 7) is 0.495. The first-order chi connectivity index (χ1) is 10.5. The Hall–Kier alpha value is -1.28. The van der Waals surface area contributed by atoms with Gasteiger partial charge in [0.25, 0.3) is 11.7 Å². The molecule has 1 saturated heterocycles. The Bertz CT molecular complexity index is 539. The number of hydrogen-bond acceptors (Lipinski definition) is 4. The van der Waals surface area contributed by atoms with Gasteiger partial charge in [0, 0.05) is 28.5 Å². The van der Waals surface area contributed by atoms with Gasteiger partial charge in [-0.25, -0.2) is 0 Å². The average molecular weight is 347 g/mol. The van der Waals surface area contributed by atoms with Crippen LogP contribution in [-0.2, 0) is 4.79 Å². The van der Waals surface area contributed by atoms with Gasteiger partial charge in [-0.15, -0.1) is 0 Å². The number of rotatable bonds is 5. The maximum Gasteiger partial charge on any atom is 0.305 e. The van der Waals surface area contributed by atoms with Crippen molar-refractivity contribution in [1.82, 2.24) is 4.90 Å². The van der Waals surface area contributed by atoms with Crippen LogP contribution in [0.1, 0.15) is 16.8 Å². The number of carbonyl (C=O) groups is 2. The summed E-state index contributed by atoms with van der Waals surface area (Å²) in [6.07, 6.45) is -0.0853. The third-order valence-electron chi connectivity index (χ3n) is 3.23. The number of carboxylic acids is 1. The van der Waals surface area contributed by atoms with Crippen molar-refractivity contribution >= 4 is 35.4 Å². The summed E-state index contributed by atoms with van der Waals surface area (Å²) in [5.74, 6) is -2.33. The van der Waals surface area contributed by atoms with Crippen LogP contribution in [0.25, 0.3) is 0 Å². The summed E-state index contributed by atoms with van der Waals surface area (Å²) in [6, 6.07) is 5.64. The van der Waals surface area contributed by atoms with Crippen molar-refractivity contribution in [3.63, 3.8) is 0 Å². The molecule has 1 atom stereocenters. The quantitative estimate of drug-likeness (QED) is 0.830. The fourth-order valence-electron chi connectivity index (χ4n) is 2.24. The first-order valence-electron chi connectivity index (χ1n) is 6.62. The highest BCUT2D eigenvalue weighted by atomic mass is 32.2. The second-order valence-corrected chi connectivity index (χ2v) is 6.94. The van der Waals surface area contributed by atoms with E-state index in [2.05, 4.69) is 0 Å². The van der Waals surface area contributed by atoms with Crippen LogP contribution in [0.3, 0.4) is 0 Å². The number of thioether (sulfide) groups is 2. The van der Waals surface area contributed by atoms with Crippen LogP contribution in [0.15, 0.2) is 29.2 Å². The van der Waals surface area contributed by atoms with Gasteiger partial charge in [0.1, 0.15) is 0 Å². The molecule has 1 unspecified atom stereocenters. The van der Waals surface area contributed by atoms with E-state index in [9.17, 15) is 18.4 Å². The van der Waals surface area contributed by atoms with Crippen LogP contribution >= 0.6 is 23.5 Å². The Morgan fingerprint density at radius 2 is 2.05 bits per heavy atom. The van der Waals surface area contributed by atoms with Crippen molar-refractivity contribution in [2.75, 3.05) is 18.1 Å². The lowest BCUT2D eigenvalue weighted by atomic mass is 10.1. The van der Waals surface area contributed by atoms with Gasteiger partial charge in [-0.3, -0.25) is 9.59 Å². The summed E-state index contributed by atoms with van der Waals surface area (Å²) < 4.78 is 24.5. The van der Waals surface area contributed by atoms with Gasteiger partial charge in [-0.2, -0.15) is 20.5 Å². The van der Waals surface area contributed by atoms with Crippen molar-refractivity contribution in [3.8, 4) is 0 Å². The lowest BCUT2D eigenvalue weighted by molar-refractivity contribution is -0.138. The highest BCUT2D eigenvalue weighted by Gasteiger charge is 2.29. The third kappa shape index (κ3) is 4.61. The Morgan fingerprint density at radius 3 is 2.64 bits per heavy atom. The molecule has 0 spiro atoms. The minimum atomic E-state index is -2.50. The van der Waals surface area contributed by atoms with Gasteiger partial charge in [0.15, 0.2) is 0 Å². The number of nitrogens with zero attached hydrogens (tertiary/aromatic N) is 1. The van der Waals surface area contributed by atoms with Crippen molar-refractivity contribution in [3.05, 3.63) is 29.8 Å². The lowest BCUT2D eigenvalue weighted by Gasteiger charge is -2.34. The summed E-state index contributed by atoms with van der Waals surface area (Å²) in [4.78, 5) is 25.4. The largest absolute Gasteiger partial charge is 0.481 e. The molecular formula is C14H15F2NO3S2. The summed E-state index contributed by atoms with van der Waals surface area (Å²) in [5, 5.41) is 8.94. The first kappa shape index (κ1) is 17.1. The van der Waals surface area contributed by atoms with E-state index in [1.807, 2.05) is 0 Å². The predicted molar refractivity (Wildman–Crippen MR) is 82.7 cm³/mol. The molecule has 1 aromatic carbocycles. The van der Waals surface area contributed by atoms with Gasteiger partial charge >= 0.3 is 5.97 Å². The molecule has 2 rings (SSSR count). The van der Waals surface area contributed by atoms with E-state index < -0.39 is 11.7 Å². The van der Waals surface area contributed by atoms with Crippen LogP contribution in [0.5, 0.6) is 0 Å². The Balaban J connectivity index is 2.09. The Kier molecular flexibility index (Phi) is 6.07. The summed E-state index contributed by atoms with van der Waals surface area (Å²) >= 11 is 2.05. The van der Waals surface area contributed by atoms with Crippen LogP contribution in [-0.4, -0.2) is 51.7 Å². The highest BCUT2D eigenvalue weighted by Crippen LogP contribution is 2.26. The number of alkyl halides is 2. The van der Waals surface area contributed by atoms with Gasteiger partial charge in [0.05, 0.1) is 12.5 Å². The van der Waals surface area contributed by atoms with E-state index in [0.29, 0.717) is 34.5 Å². The van der Waals surface area contributed by atoms with Crippen LogP contribution in [0.2, 0.25) is 0 Å². The predicted octanol–water partition coefficient (Wildman–Crippen LogP) is 3.03. The maximum atomic E-state index is 12.5. The van der Waals surface area contributed by atoms with Crippen molar-refractivity contribution in [2.45, 2.75) is 23.1 Å². The number of carbonyl (C=O) groups excluding carboxylic acids is 1. The standard InChI is InChI=1S/C14H15F2NO3S2/c15-14(16)22-11-3-1-9(2-4-11)13(20)17-5-6-21-8-10(17)7-12(18)19/h1-4,10,14H,5-8H2,(H,18,19). The topological polar surface area (TPSA) is 57.6 Å². The second-order valence-electron chi connectivity index (χ2n) is 4.73. The molecule has 120 valence electrons. The monoisotopic (exact) mass is 347 g/mol. The number of halogens is 2. The average Bonchev–Trinajstić information content (AvgIpc) is 2.47. The Labute approximate surface area is 135 Å². The van der Waals surface area contributed by atoms with E-state index in [0.717, 1.165) is 5.75 Å². The number of aliphatic carboxylic acids is 1. The molecule has 1 N–H and O–H groups in total. The molecular weight excluding hydrogens is 332 g/mol. The minimum absolute atomic E-state index is 0.0853. The summed E-state index contributed by atoms with van der Waals surface area (Å²) in [7, 11) is 0. The van der Waals surface area contributed by atoms with Crippen molar-refractivity contribution < 1.29 is 23.5 Å². The number of carboxylic acid groups (broad SMARTS) is 1. The molecule has 1 aromatic rings.